The van der Waals surface area contributed by atoms with Gasteiger partial charge < -0.3 is 14.8 Å². The molecule has 1 saturated heterocycles. The molecule has 0 unspecified atom stereocenters. The van der Waals surface area contributed by atoms with Gasteiger partial charge in [0.15, 0.2) is 11.6 Å². The molecular formula is C18H19FN2O3. The van der Waals surface area contributed by atoms with Gasteiger partial charge in [0.1, 0.15) is 0 Å². The first-order valence-electron chi connectivity index (χ1n) is 7.78. The van der Waals surface area contributed by atoms with E-state index in [-0.39, 0.29) is 29.2 Å². The summed E-state index contributed by atoms with van der Waals surface area (Å²) >= 11 is 0. The number of rotatable bonds is 5. The minimum Gasteiger partial charge on any atom is -0.494 e. The summed E-state index contributed by atoms with van der Waals surface area (Å²) in [7, 11) is 1.39. The molecule has 0 bridgehead atoms. The molecule has 1 fully saturated rings. The van der Waals surface area contributed by atoms with Crippen LogP contribution in [-0.2, 0) is 11.2 Å². The molecule has 1 aliphatic heterocycles. The Morgan fingerprint density at radius 2 is 2.12 bits per heavy atom. The first-order valence-corrected chi connectivity index (χ1v) is 7.78. The molecule has 126 valence electrons. The topological polar surface area (TPSA) is 60.5 Å². The molecule has 0 aliphatic carbocycles. The fourth-order valence-corrected chi connectivity index (χ4v) is 2.84. The van der Waals surface area contributed by atoms with Gasteiger partial charge >= 0.3 is 0 Å². The van der Waals surface area contributed by atoms with Crippen molar-refractivity contribution >= 4 is 5.91 Å². The fraction of sp³-hybridized carbons (Fsp3) is 0.333. The van der Waals surface area contributed by atoms with Gasteiger partial charge in [-0.25, -0.2) is 4.39 Å². The number of hydrogen-bond acceptors (Lipinski definition) is 4. The third kappa shape index (κ3) is 3.71. The molecule has 6 heteroatoms. The first-order chi connectivity index (χ1) is 11.7. The molecule has 0 spiro atoms. The maximum absolute atomic E-state index is 13.8. The summed E-state index contributed by atoms with van der Waals surface area (Å²) in [4.78, 5) is 16.4. The molecule has 2 atom stereocenters. The van der Waals surface area contributed by atoms with E-state index in [0.717, 1.165) is 12.0 Å². The lowest BCUT2D eigenvalue weighted by atomic mass is 9.95. The predicted molar refractivity (Wildman–Crippen MR) is 86.5 cm³/mol. The lowest BCUT2D eigenvalue weighted by Gasteiger charge is -2.19. The molecule has 2 aromatic rings. The fourth-order valence-electron chi connectivity index (χ4n) is 2.84. The van der Waals surface area contributed by atoms with Crippen LogP contribution in [0.3, 0.4) is 0 Å². The predicted octanol–water partition coefficient (Wildman–Crippen LogP) is 2.22. The summed E-state index contributed by atoms with van der Waals surface area (Å²) in [6, 6.07) is 7.98. The average molecular weight is 330 g/mol. The highest BCUT2D eigenvalue weighted by Crippen LogP contribution is 2.21. The molecule has 24 heavy (non-hydrogen) atoms. The summed E-state index contributed by atoms with van der Waals surface area (Å²) in [6.07, 6.45) is 4.29. The van der Waals surface area contributed by atoms with Crippen LogP contribution in [-0.4, -0.2) is 37.3 Å². The van der Waals surface area contributed by atoms with Crippen LogP contribution in [0.1, 0.15) is 15.9 Å². The maximum Gasteiger partial charge on any atom is 0.251 e. The van der Waals surface area contributed by atoms with Crippen molar-refractivity contribution in [3.8, 4) is 5.75 Å². The van der Waals surface area contributed by atoms with Gasteiger partial charge in [-0.3, -0.25) is 9.78 Å². The number of aromatic nitrogens is 1. The van der Waals surface area contributed by atoms with E-state index in [2.05, 4.69) is 10.3 Å². The largest absolute Gasteiger partial charge is 0.494 e. The zero-order valence-corrected chi connectivity index (χ0v) is 13.4. The van der Waals surface area contributed by atoms with Crippen LogP contribution in [0, 0.1) is 11.7 Å². The number of hydrogen-bond donors (Lipinski definition) is 1. The molecule has 1 N–H and O–H groups in total. The maximum atomic E-state index is 13.8. The molecule has 2 heterocycles. The van der Waals surface area contributed by atoms with Gasteiger partial charge in [-0.2, -0.15) is 0 Å². The molecule has 0 radical (unpaired) electrons. The van der Waals surface area contributed by atoms with Crippen molar-refractivity contribution in [3.05, 3.63) is 59.7 Å². The normalized spacial score (nSPS) is 19.9. The van der Waals surface area contributed by atoms with Crippen LogP contribution in [0.2, 0.25) is 0 Å². The number of pyridine rings is 1. The monoisotopic (exact) mass is 330 g/mol. The Hall–Kier alpha value is -2.47. The number of carbonyl (C=O) groups excluding carboxylic acids is 1. The highest BCUT2D eigenvalue weighted by Gasteiger charge is 2.30. The van der Waals surface area contributed by atoms with Crippen molar-refractivity contribution in [2.75, 3.05) is 20.3 Å². The van der Waals surface area contributed by atoms with E-state index >= 15 is 0 Å². The number of nitrogens with zero attached hydrogens (tertiary/aromatic N) is 1. The number of benzene rings is 1. The van der Waals surface area contributed by atoms with Crippen molar-refractivity contribution in [1.82, 2.24) is 10.3 Å². The average Bonchev–Trinajstić information content (AvgIpc) is 3.02. The van der Waals surface area contributed by atoms with Gasteiger partial charge in [0.2, 0.25) is 0 Å². The van der Waals surface area contributed by atoms with Gasteiger partial charge in [0.25, 0.3) is 5.91 Å². The van der Waals surface area contributed by atoms with Crippen LogP contribution in [0.5, 0.6) is 5.75 Å². The number of amides is 1. The van der Waals surface area contributed by atoms with Crippen LogP contribution in [0.15, 0.2) is 42.7 Å². The zero-order chi connectivity index (χ0) is 16.9. The Morgan fingerprint density at radius 1 is 1.33 bits per heavy atom. The number of carbonyl (C=O) groups is 1. The van der Waals surface area contributed by atoms with E-state index in [1.54, 1.807) is 18.5 Å². The van der Waals surface area contributed by atoms with Crippen LogP contribution >= 0.6 is 0 Å². The summed E-state index contributed by atoms with van der Waals surface area (Å²) < 4.78 is 24.1. The molecule has 1 amide bonds. The lowest BCUT2D eigenvalue weighted by Crippen LogP contribution is -2.40. The van der Waals surface area contributed by atoms with Gasteiger partial charge in [0.05, 0.1) is 26.4 Å². The molecule has 0 saturated carbocycles. The highest BCUT2D eigenvalue weighted by molar-refractivity contribution is 5.94. The molecule has 1 aliphatic rings. The van der Waals surface area contributed by atoms with Crippen molar-refractivity contribution in [2.45, 2.75) is 12.5 Å². The zero-order valence-electron chi connectivity index (χ0n) is 13.4. The Kier molecular flexibility index (Phi) is 5.05. The first kappa shape index (κ1) is 16.4. The minimum atomic E-state index is -0.554. The number of halogens is 1. The van der Waals surface area contributed by atoms with Gasteiger partial charge in [-0.15, -0.1) is 0 Å². The van der Waals surface area contributed by atoms with E-state index in [1.807, 2.05) is 12.1 Å². The Labute approximate surface area is 139 Å². The quantitative estimate of drug-likeness (QED) is 0.913. The number of nitrogens with one attached hydrogen (secondary N) is 1. The van der Waals surface area contributed by atoms with E-state index in [4.69, 9.17) is 9.47 Å². The molecule has 5 nitrogen and oxygen atoms in total. The van der Waals surface area contributed by atoms with Crippen molar-refractivity contribution in [2.24, 2.45) is 5.92 Å². The van der Waals surface area contributed by atoms with Gasteiger partial charge in [-0.1, -0.05) is 0 Å². The number of methoxy groups -OCH3 is 1. The van der Waals surface area contributed by atoms with Crippen LogP contribution < -0.4 is 10.1 Å². The summed E-state index contributed by atoms with van der Waals surface area (Å²) in [5, 5.41) is 2.94. The van der Waals surface area contributed by atoms with Crippen LogP contribution in [0.4, 0.5) is 4.39 Å². The summed E-state index contributed by atoms with van der Waals surface area (Å²) in [5.74, 6) is -0.571. The highest BCUT2D eigenvalue weighted by atomic mass is 19.1. The minimum absolute atomic E-state index is 0.101. The lowest BCUT2D eigenvalue weighted by molar-refractivity contribution is 0.0924. The van der Waals surface area contributed by atoms with E-state index in [0.29, 0.717) is 13.2 Å². The molecular weight excluding hydrogens is 311 g/mol. The van der Waals surface area contributed by atoms with Crippen molar-refractivity contribution in [1.29, 1.82) is 0 Å². The molecule has 3 rings (SSSR count). The summed E-state index contributed by atoms with van der Waals surface area (Å²) in [5.41, 5.74) is 1.41. The third-order valence-corrected chi connectivity index (χ3v) is 4.18. The second-order valence-electron chi connectivity index (χ2n) is 5.79. The SMILES string of the molecule is COc1ccc(C(=O)N[C@H]2COC[C@H]2Cc2ccncc2)cc1F. The second-order valence-corrected chi connectivity index (χ2v) is 5.79. The van der Waals surface area contributed by atoms with Gasteiger partial charge in [-0.05, 0) is 42.3 Å². The van der Waals surface area contributed by atoms with Crippen molar-refractivity contribution < 1.29 is 18.7 Å². The molecule has 1 aromatic heterocycles. The Bertz CT molecular complexity index is 709. The third-order valence-electron chi connectivity index (χ3n) is 4.18. The van der Waals surface area contributed by atoms with E-state index in [1.165, 1.54) is 19.2 Å². The van der Waals surface area contributed by atoms with E-state index < -0.39 is 5.82 Å². The Morgan fingerprint density at radius 3 is 2.83 bits per heavy atom. The second kappa shape index (κ2) is 7.40. The number of ether oxygens (including phenoxy) is 2. The molecule has 1 aromatic carbocycles. The Balaban J connectivity index is 1.65. The van der Waals surface area contributed by atoms with Crippen LogP contribution in [0.25, 0.3) is 0 Å². The smallest absolute Gasteiger partial charge is 0.251 e. The van der Waals surface area contributed by atoms with E-state index in [9.17, 15) is 9.18 Å². The van der Waals surface area contributed by atoms with Crippen molar-refractivity contribution in [3.63, 3.8) is 0 Å². The van der Waals surface area contributed by atoms with Gasteiger partial charge in [0, 0.05) is 23.9 Å². The summed E-state index contributed by atoms with van der Waals surface area (Å²) in [6.45, 7) is 1.05. The standard InChI is InChI=1S/C18H19FN2O3/c1-23-17-3-2-13(9-15(17)19)18(22)21-16-11-24-10-14(16)8-12-4-6-20-7-5-12/h2-7,9,14,16H,8,10-11H2,1H3,(H,21,22)/t14-,16+/m1/s1.